The van der Waals surface area contributed by atoms with E-state index in [4.69, 9.17) is 0 Å². The summed E-state index contributed by atoms with van der Waals surface area (Å²) in [6.45, 7) is 7.68. The summed E-state index contributed by atoms with van der Waals surface area (Å²) in [7, 11) is -3.73. The highest BCUT2D eigenvalue weighted by atomic mass is 32.2. The molecule has 0 aromatic heterocycles. The number of Topliss-reactive ketones (excluding diaryl/α,β-unsaturated/α-hetero) is 1. The molecule has 1 aromatic rings. The van der Waals surface area contributed by atoms with Crippen molar-refractivity contribution < 1.29 is 18.0 Å². The summed E-state index contributed by atoms with van der Waals surface area (Å²) in [4.78, 5) is 25.3. The van der Waals surface area contributed by atoms with Gasteiger partial charge in [0, 0.05) is 24.2 Å². The van der Waals surface area contributed by atoms with Crippen LogP contribution in [0.3, 0.4) is 0 Å². The number of ketones is 1. The van der Waals surface area contributed by atoms with Gasteiger partial charge in [-0.05, 0) is 39.8 Å². The Morgan fingerprint density at radius 2 is 1.65 bits per heavy atom. The number of nitrogens with zero attached hydrogens (tertiary/aromatic N) is 2. The highest BCUT2D eigenvalue weighted by Crippen LogP contribution is 2.22. The highest BCUT2D eigenvalue weighted by Gasteiger charge is 2.36. The van der Waals surface area contributed by atoms with E-state index in [9.17, 15) is 18.0 Å². The minimum Gasteiger partial charge on any atom is -0.335 e. The number of benzene rings is 1. The molecule has 0 saturated carbocycles. The fraction of sp³-hybridized carbons (Fsp3) is 0.500. The predicted molar refractivity (Wildman–Crippen MR) is 86.7 cm³/mol. The topological polar surface area (TPSA) is 74.8 Å². The molecule has 126 valence electrons. The third-order valence-corrected chi connectivity index (χ3v) is 5.75. The average molecular weight is 338 g/mol. The Morgan fingerprint density at radius 3 is 2.09 bits per heavy atom. The van der Waals surface area contributed by atoms with Crippen LogP contribution in [0.1, 0.15) is 38.1 Å². The largest absolute Gasteiger partial charge is 0.335 e. The zero-order valence-electron chi connectivity index (χ0n) is 13.9. The number of sulfonamides is 1. The number of hydrogen-bond donors (Lipinski definition) is 0. The number of amides is 1. The first-order valence-corrected chi connectivity index (χ1v) is 8.89. The first-order chi connectivity index (χ1) is 10.5. The summed E-state index contributed by atoms with van der Waals surface area (Å²) in [5.41, 5.74) is 0.133. The second-order valence-electron chi connectivity index (χ2n) is 6.64. The van der Waals surface area contributed by atoms with E-state index in [1.165, 1.54) is 35.5 Å². The monoisotopic (exact) mass is 338 g/mol. The average Bonchev–Trinajstić information content (AvgIpc) is 2.45. The van der Waals surface area contributed by atoms with Crippen molar-refractivity contribution in [1.29, 1.82) is 0 Å². The van der Waals surface area contributed by atoms with Crippen molar-refractivity contribution in [3.8, 4) is 0 Å². The minimum absolute atomic E-state index is 0.0968. The number of hydrogen-bond acceptors (Lipinski definition) is 4. The van der Waals surface area contributed by atoms with Gasteiger partial charge in [-0.15, -0.1) is 0 Å². The lowest BCUT2D eigenvalue weighted by molar-refractivity contribution is -0.139. The van der Waals surface area contributed by atoms with Gasteiger partial charge in [0.1, 0.15) is 0 Å². The molecule has 6 nitrogen and oxygen atoms in total. The molecule has 1 amide bonds. The first-order valence-electron chi connectivity index (χ1n) is 7.45. The molecule has 1 aliphatic heterocycles. The summed E-state index contributed by atoms with van der Waals surface area (Å²) in [5, 5.41) is 0. The Morgan fingerprint density at radius 1 is 1.09 bits per heavy atom. The normalized spacial score (nSPS) is 17.4. The number of carbonyl (C=O) groups excluding carboxylic acids is 2. The Kier molecular flexibility index (Phi) is 4.64. The van der Waals surface area contributed by atoms with Crippen LogP contribution in [-0.4, -0.2) is 54.5 Å². The molecule has 7 heteroatoms. The lowest BCUT2D eigenvalue weighted by Crippen LogP contribution is -2.57. The van der Waals surface area contributed by atoms with Crippen molar-refractivity contribution in [2.45, 2.75) is 38.1 Å². The van der Waals surface area contributed by atoms with Crippen molar-refractivity contribution in [1.82, 2.24) is 9.21 Å². The summed E-state index contributed by atoms with van der Waals surface area (Å²) >= 11 is 0. The van der Waals surface area contributed by atoms with Gasteiger partial charge < -0.3 is 4.90 Å². The molecule has 1 aliphatic rings. The molecule has 0 bridgehead atoms. The van der Waals surface area contributed by atoms with Crippen LogP contribution >= 0.6 is 0 Å². The number of carbonyl (C=O) groups is 2. The molecule has 1 aromatic carbocycles. The molecule has 23 heavy (non-hydrogen) atoms. The van der Waals surface area contributed by atoms with Gasteiger partial charge in [-0.3, -0.25) is 9.59 Å². The number of piperazine rings is 1. The van der Waals surface area contributed by atoms with Crippen molar-refractivity contribution >= 4 is 21.7 Å². The van der Waals surface area contributed by atoms with Gasteiger partial charge >= 0.3 is 0 Å². The van der Waals surface area contributed by atoms with Gasteiger partial charge in [0.25, 0.3) is 0 Å². The fourth-order valence-corrected chi connectivity index (χ4v) is 3.96. The molecule has 1 heterocycles. The van der Waals surface area contributed by atoms with Crippen molar-refractivity contribution in [3.63, 3.8) is 0 Å². The molecule has 1 fully saturated rings. The van der Waals surface area contributed by atoms with Crippen LogP contribution in [0.5, 0.6) is 0 Å². The van der Waals surface area contributed by atoms with Gasteiger partial charge in [-0.1, -0.05) is 12.1 Å². The zero-order valence-corrected chi connectivity index (χ0v) is 14.7. The second-order valence-corrected chi connectivity index (χ2v) is 8.57. The lowest BCUT2D eigenvalue weighted by atomic mass is 10.1. The summed E-state index contributed by atoms with van der Waals surface area (Å²) in [5.74, 6) is -0.324. The standard InChI is InChI=1S/C16H22N2O4S/c1-12(19)13-5-7-14(8-6-13)23(21,22)17-9-10-18(15(20)11-17)16(2,3)4/h5-8H,9-11H2,1-4H3. The summed E-state index contributed by atoms with van der Waals surface area (Å²) in [6, 6.07) is 5.80. The van der Waals surface area contributed by atoms with Crippen molar-refractivity contribution in [2.75, 3.05) is 19.6 Å². The van der Waals surface area contributed by atoms with E-state index in [1.54, 1.807) is 4.90 Å². The van der Waals surface area contributed by atoms with Gasteiger partial charge in [0.15, 0.2) is 5.78 Å². The molecule has 2 rings (SSSR count). The van der Waals surface area contributed by atoms with E-state index >= 15 is 0 Å². The lowest BCUT2D eigenvalue weighted by Gasteiger charge is -2.41. The maximum absolute atomic E-state index is 12.6. The first kappa shape index (κ1) is 17.6. The molecule has 0 radical (unpaired) electrons. The molecule has 1 saturated heterocycles. The molecule has 0 atom stereocenters. The third-order valence-electron chi connectivity index (χ3n) is 3.89. The van der Waals surface area contributed by atoms with E-state index in [-0.39, 0.29) is 35.2 Å². The SMILES string of the molecule is CC(=O)c1ccc(S(=O)(=O)N2CCN(C(C)(C)C)C(=O)C2)cc1. The molecule has 0 spiro atoms. The van der Waals surface area contributed by atoms with Crippen LogP contribution < -0.4 is 0 Å². The van der Waals surface area contributed by atoms with Crippen LogP contribution in [0.2, 0.25) is 0 Å². The van der Waals surface area contributed by atoms with Gasteiger partial charge in [0.2, 0.25) is 15.9 Å². The molecular formula is C16H22N2O4S. The minimum atomic E-state index is -3.73. The molecular weight excluding hydrogens is 316 g/mol. The molecule has 0 unspecified atom stereocenters. The summed E-state index contributed by atoms with van der Waals surface area (Å²) < 4.78 is 26.5. The molecule has 0 aliphatic carbocycles. The predicted octanol–water partition coefficient (Wildman–Crippen LogP) is 1.52. The van der Waals surface area contributed by atoms with Crippen molar-refractivity contribution in [3.05, 3.63) is 29.8 Å². The van der Waals surface area contributed by atoms with E-state index in [1.807, 2.05) is 20.8 Å². The maximum atomic E-state index is 12.6. The van der Waals surface area contributed by atoms with Crippen LogP contribution in [0.25, 0.3) is 0 Å². The van der Waals surface area contributed by atoms with Crippen LogP contribution in [-0.2, 0) is 14.8 Å². The van der Waals surface area contributed by atoms with E-state index in [0.717, 1.165) is 0 Å². The van der Waals surface area contributed by atoms with Gasteiger partial charge in [-0.25, -0.2) is 8.42 Å². The fourth-order valence-electron chi connectivity index (χ4n) is 2.58. The van der Waals surface area contributed by atoms with E-state index in [0.29, 0.717) is 12.1 Å². The quantitative estimate of drug-likeness (QED) is 0.783. The van der Waals surface area contributed by atoms with Crippen LogP contribution in [0, 0.1) is 0 Å². The number of rotatable bonds is 3. The maximum Gasteiger partial charge on any atom is 0.243 e. The smallest absolute Gasteiger partial charge is 0.243 e. The van der Waals surface area contributed by atoms with E-state index < -0.39 is 10.0 Å². The highest BCUT2D eigenvalue weighted by molar-refractivity contribution is 7.89. The van der Waals surface area contributed by atoms with Crippen LogP contribution in [0.15, 0.2) is 29.2 Å². The Balaban J connectivity index is 2.21. The van der Waals surface area contributed by atoms with Gasteiger partial charge in [-0.2, -0.15) is 4.31 Å². The molecule has 0 N–H and O–H groups in total. The zero-order chi connectivity index (χ0) is 17.4. The Bertz CT molecular complexity index is 717. The Hall–Kier alpha value is -1.73. The Labute approximate surface area is 137 Å². The van der Waals surface area contributed by atoms with E-state index in [2.05, 4.69) is 0 Å². The second kappa shape index (κ2) is 6.05. The van der Waals surface area contributed by atoms with Crippen LogP contribution in [0.4, 0.5) is 0 Å². The van der Waals surface area contributed by atoms with Crippen molar-refractivity contribution in [2.24, 2.45) is 0 Å². The van der Waals surface area contributed by atoms with Gasteiger partial charge in [0.05, 0.1) is 11.4 Å². The third kappa shape index (κ3) is 3.61. The summed E-state index contributed by atoms with van der Waals surface area (Å²) in [6.07, 6.45) is 0.